The third-order valence-electron chi connectivity index (χ3n) is 4.19. The van der Waals surface area contributed by atoms with Gasteiger partial charge in [-0.25, -0.2) is 0 Å². The van der Waals surface area contributed by atoms with E-state index in [0.717, 1.165) is 30.0 Å². The van der Waals surface area contributed by atoms with Crippen LogP contribution in [-0.2, 0) is 0 Å². The van der Waals surface area contributed by atoms with Crippen LogP contribution in [0.1, 0.15) is 34.5 Å². The quantitative estimate of drug-likeness (QED) is 0.798. The summed E-state index contributed by atoms with van der Waals surface area (Å²) in [5.41, 5.74) is 1.53. The van der Waals surface area contributed by atoms with E-state index in [9.17, 15) is 4.79 Å². The second kappa shape index (κ2) is 3.67. The number of hydrogen-bond acceptors (Lipinski definition) is 3. The Kier molecular flexibility index (Phi) is 2.41. The van der Waals surface area contributed by atoms with Crippen LogP contribution in [0.4, 0.5) is 0 Å². The lowest BCUT2D eigenvalue weighted by Crippen LogP contribution is -2.30. The van der Waals surface area contributed by atoms with Crippen molar-refractivity contribution in [2.75, 3.05) is 13.1 Å². The van der Waals surface area contributed by atoms with Gasteiger partial charge in [-0.05, 0) is 61.7 Å². The Morgan fingerprint density at radius 3 is 2.88 bits per heavy atom. The first-order valence-electron chi connectivity index (χ1n) is 6.02. The fourth-order valence-corrected chi connectivity index (χ4v) is 3.90. The van der Waals surface area contributed by atoms with Crippen LogP contribution in [0.5, 0.6) is 0 Å². The van der Waals surface area contributed by atoms with Crippen molar-refractivity contribution in [3.8, 4) is 0 Å². The highest BCUT2D eigenvalue weighted by atomic mass is 32.1. The van der Waals surface area contributed by atoms with Crippen molar-refractivity contribution < 1.29 is 4.79 Å². The topological polar surface area (TPSA) is 29.1 Å². The smallest absolute Gasteiger partial charge is 0.176 e. The summed E-state index contributed by atoms with van der Waals surface area (Å²) in [5.74, 6) is 0.737. The number of thiophene rings is 1. The molecule has 1 aliphatic carbocycles. The number of piperidine rings is 1. The molecule has 16 heavy (non-hydrogen) atoms. The summed E-state index contributed by atoms with van der Waals surface area (Å²) in [6, 6.07) is 2.05. The van der Waals surface area contributed by atoms with Crippen molar-refractivity contribution in [1.82, 2.24) is 5.32 Å². The molecule has 0 amide bonds. The second-order valence-corrected chi connectivity index (χ2v) is 6.08. The normalized spacial score (nSPS) is 26.9. The van der Waals surface area contributed by atoms with Gasteiger partial charge in [0.25, 0.3) is 0 Å². The lowest BCUT2D eigenvalue weighted by Gasteiger charge is -2.23. The van der Waals surface area contributed by atoms with Crippen molar-refractivity contribution in [1.29, 1.82) is 0 Å². The number of hydrogen-bond donors (Lipinski definition) is 1. The Balaban J connectivity index is 1.77. The molecule has 2 aliphatic rings. The van der Waals surface area contributed by atoms with E-state index < -0.39 is 0 Å². The molecule has 1 aromatic rings. The molecular formula is C13H17NOS. The lowest BCUT2D eigenvalue weighted by molar-refractivity contribution is 0.0944. The van der Waals surface area contributed by atoms with E-state index in [0.29, 0.717) is 17.1 Å². The van der Waals surface area contributed by atoms with Gasteiger partial charge in [0.1, 0.15) is 0 Å². The summed E-state index contributed by atoms with van der Waals surface area (Å²) in [5, 5.41) is 5.41. The van der Waals surface area contributed by atoms with Crippen LogP contribution < -0.4 is 5.32 Å². The predicted octanol–water partition coefficient (Wildman–Crippen LogP) is 2.63. The largest absolute Gasteiger partial charge is 0.317 e. The highest BCUT2D eigenvalue weighted by Crippen LogP contribution is 2.59. The van der Waals surface area contributed by atoms with E-state index in [1.54, 1.807) is 11.3 Å². The van der Waals surface area contributed by atoms with Crippen molar-refractivity contribution >= 4 is 17.1 Å². The molecule has 1 saturated heterocycles. The molecule has 86 valence electrons. The minimum absolute atomic E-state index is 0.326. The van der Waals surface area contributed by atoms with Gasteiger partial charge in [-0.15, -0.1) is 11.3 Å². The van der Waals surface area contributed by atoms with Crippen LogP contribution in [-0.4, -0.2) is 18.9 Å². The third-order valence-corrected chi connectivity index (χ3v) is 5.22. The van der Waals surface area contributed by atoms with Crippen LogP contribution >= 0.6 is 11.3 Å². The first-order chi connectivity index (χ1) is 7.73. The number of rotatable bonds is 2. The van der Waals surface area contributed by atoms with E-state index in [2.05, 4.69) is 11.4 Å². The summed E-state index contributed by atoms with van der Waals surface area (Å²) >= 11 is 1.61. The fourth-order valence-electron chi connectivity index (χ4n) is 2.98. The van der Waals surface area contributed by atoms with Crippen molar-refractivity contribution in [3.05, 3.63) is 21.9 Å². The molecule has 1 aromatic heterocycles. The fraction of sp³-hybridized carbons (Fsp3) is 0.615. The maximum atomic E-state index is 12.4. The Bertz CT molecular complexity index is 417. The number of carbonyl (C=O) groups is 1. The maximum Gasteiger partial charge on any atom is 0.176 e. The lowest BCUT2D eigenvalue weighted by atomic mass is 9.90. The molecule has 1 aliphatic heterocycles. The van der Waals surface area contributed by atoms with E-state index in [1.165, 1.54) is 12.8 Å². The molecule has 3 heteroatoms. The minimum Gasteiger partial charge on any atom is -0.317 e. The van der Waals surface area contributed by atoms with Gasteiger partial charge in [0.05, 0.1) is 4.88 Å². The number of ketones is 1. The summed E-state index contributed by atoms with van der Waals surface area (Å²) in [7, 11) is 0. The van der Waals surface area contributed by atoms with Gasteiger partial charge in [-0.1, -0.05) is 0 Å². The Morgan fingerprint density at radius 1 is 1.50 bits per heavy atom. The van der Waals surface area contributed by atoms with Crippen LogP contribution in [0, 0.1) is 18.3 Å². The molecular weight excluding hydrogens is 218 g/mol. The Labute approximate surface area is 100 Å². The van der Waals surface area contributed by atoms with Gasteiger partial charge in [0, 0.05) is 5.92 Å². The number of Topliss-reactive ketones (excluding diaryl/α,β-unsaturated/α-hetero) is 1. The van der Waals surface area contributed by atoms with Crippen LogP contribution in [0.25, 0.3) is 0 Å². The van der Waals surface area contributed by atoms with Crippen LogP contribution in [0.15, 0.2) is 11.4 Å². The first-order valence-corrected chi connectivity index (χ1v) is 6.90. The van der Waals surface area contributed by atoms with E-state index in [-0.39, 0.29) is 0 Å². The molecule has 3 rings (SSSR count). The molecule has 2 nitrogen and oxygen atoms in total. The molecule has 1 atom stereocenters. The van der Waals surface area contributed by atoms with Gasteiger partial charge < -0.3 is 5.32 Å². The monoisotopic (exact) mass is 235 g/mol. The van der Waals surface area contributed by atoms with E-state index in [4.69, 9.17) is 0 Å². The van der Waals surface area contributed by atoms with Crippen molar-refractivity contribution in [2.45, 2.75) is 26.2 Å². The molecule has 1 unspecified atom stereocenters. The maximum absolute atomic E-state index is 12.4. The summed E-state index contributed by atoms with van der Waals surface area (Å²) < 4.78 is 0. The highest BCUT2D eigenvalue weighted by molar-refractivity contribution is 7.12. The number of aryl methyl sites for hydroxylation is 1. The van der Waals surface area contributed by atoms with Gasteiger partial charge >= 0.3 is 0 Å². The Hall–Kier alpha value is -0.670. The molecule has 1 N–H and O–H groups in total. The van der Waals surface area contributed by atoms with Crippen LogP contribution in [0.3, 0.4) is 0 Å². The van der Waals surface area contributed by atoms with E-state index >= 15 is 0 Å². The molecule has 0 aromatic carbocycles. The highest BCUT2D eigenvalue weighted by Gasteiger charge is 2.57. The van der Waals surface area contributed by atoms with Gasteiger partial charge in [0.15, 0.2) is 5.78 Å². The average Bonchev–Trinajstić information content (AvgIpc) is 2.80. The second-order valence-electron chi connectivity index (χ2n) is 5.17. The zero-order valence-corrected chi connectivity index (χ0v) is 10.4. The van der Waals surface area contributed by atoms with Gasteiger partial charge in [0.2, 0.25) is 0 Å². The van der Waals surface area contributed by atoms with Crippen molar-refractivity contribution in [3.63, 3.8) is 0 Å². The summed E-state index contributed by atoms with van der Waals surface area (Å²) in [4.78, 5) is 13.4. The van der Waals surface area contributed by atoms with Crippen LogP contribution in [0.2, 0.25) is 0 Å². The van der Waals surface area contributed by atoms with Crippen molar-refractivity contribution in [2.24, 2.45) is 11.3 Å². The SMILES string of the molecule is Cc1ccsc1C(=O)C1CC12CCNCC2. The number of carbonyl (C=O) groups excluding carboxylic acids is 1. The molecule has 1 spiro atoms. The minimum atomic E-state index is 0.326. The average molecular weight is 235 g/mol. The summed E-state index contributed by atoms with van der Waals surface area (Å²) in [6.07, 6.45) is 3.51. The molecule has 2 fully saturated rings. The molecule has 0 radical (unpaired) electrons. The first kappa shape index (κ1) is 10.5. The molecule has 0 bridgehead atoms. The molecule has 2 heterocycles. The van der Waals surface area contributed by atoms with Gasteiger partial charge in [-0.2, -0.15) is 0 Å². The summed E-state index contributed by atoms with van der Waals surface area (Å²) in [6.45, 7) is 4.22. The van der Waals surface area contributed by atoms with Gasteiger partial charge in [-0.3, -0.25) is 4.79 Å². The predicted molar refractivity (Wildman–Crippen MR) is 66.0 cm³/mol. The standard InChI is InChI=1S/C13H17NOS/c1-9-2-7-16-12(9)11(15)10-8-13(10)3-5-14-6-4-13/h2,7,10,14H,3-6,8H2,1H3. The zero-order chi connectivity index (χ0) is 11.2. The third kappa shape index (κ3) is 1.54. The Morgan fingerprint density at radius 2 is 2.25 bits per heavy atom. The molecule has 1 saturated carbocycles. The number of nitrogens with one attached hydrogen (secondary N) is 1. The van der Waals surface area contributed by atoms with E-state index in [1.807, 2.05) is 12.3 Å². The zero-order valence-electron chi connectivity index (χ0n) is 9.58.